The van der Waals surface area contributed by atoms with Crippen molar-refractivity contribution >= 4 is 17.4 Å². The molecule has 0 aliphatic carbocycles. The number of nitrogens with zero attached hydrogens (tertiary/aromatic N) is 3. The van der Waals surface area contributed by atoms with Crippen molar-refractivity contribution in [1.29, 1.82) is 0 Å². The number of carbonyl (C=O) groups excluding carboxylic acids is 1. The molecule has 0 unspecified atom stereocenters. The van der Waals surface area contributed by atoms with Crippen molar-refractivity contribution in [3.63, 3.8) is 0 Å². The zero-order valence-corrected chi connectivity index (χ0v) is 10.5. The predicted octanol–water partition coefficient (Wildman–Crippen LogP) is 1.09. The van der Waals surface area contributed by atoms with Crippen molar-refractivity contribution < 1.29 is 9.53 Å². The van der Waals surface area contributed by atoms with Gasteiger partial charge in [0.25, 0.3) is 0 Å². The Bertz CT molecular complexity index is 598. The minimum absolute atomic E-state index is 0.205. The zero-order chi connectivity index (χ0) is 13.8. The summed E-state index contributed by atoms with van der Waals surface area (Å²) in [5.41, 5.74) is 7.59. The monoisotopic (exact) mass is 259 g/mol. The Morgan fingerprint density at radius 3 is 2.68 bits per heavy atom. The van der Waals surface area contributed by atoms with Crippen LogP contribution in [0.3, 0.4) is 0 Å². The summed E-state index contributed by atoms with van der Waals surface area (Å²) in [5, 5.41) is 10.4. The van der Waals surface area contributed by atoms with Gasteiger partial charge in [-0.25, -0.2) is 4.98 Å². The van der Waals surface area contributed by atoms with Crippen LogP contribution in [-0.4, -0.2) is 28.2 Å². The van der Waals surface area contributed by atoms with Gasteiger partial charge in [-0.3, -0.25) is 4.79 Å². The largest absolute Gasteiger partial charge is 0.480 e. The molecule has 1 amide bonds. The van der Waals surface area contributed by atoms with E-state index in [2.05, 4.69) is 20.5 Å². The van der Waals surface area contributed by atoms with E-state index in [1.54, 1.807) is 18.2 Å². The summed E-state index contributed by atoms with van der Waals surface area (Å²) >= 11 is 0. The molecule has 0 atom stereocenters. The quantitative estimate of drug-likeness (QED) is 0.855. The first-order valence-corrected chi connectivity index (χ1v) is 5.51. The van der Waals surface area contributed by atoms with Gasteiger partial charge in [0.1, 0.15) is 5.82 Å². The zero-order valence-electron chi connectivity index (χ0n) is 10.5. The molecule has 0 aliphatic rings. The number of carbonyl (C=O) groups is 1. The smallest absolute Gasteiger partial charge is 0.233 e. The van der Waals surface area contributed by atoms with Crippen molar-refractivity contribution in [2.45, 2.75) is 6.92 Å². The number of nitrogen functional groups attached to an aromatic ring is 1. The molecule has 3 N–H and O–H groups in total. The molecule has 0 fully saturated rings. The third-order valence-corrected chi connectivity index (χ3v) is 2.37. The molecule has 7 nitrogen and oxygen atoms in total. The number of ether oxygens (including phenoxy) is 1. The third kappa shape index (κ3) is 2.95. The Hall–Kier alpha value is -2.70. The first-order valence-electron chi connectivity index (χ1n) is 5.51. The standard InChI is InChI=1S/C12H13N5O2/c1-7(18)15-11-5-9(13)8(6-14-11)10-3-4-12(19-2)17-16-10/h3-6H,1-2H3,(H3,13,14,15,18). The molecule has 0 aliphatic heterocycles. The third-order valence-electron chi connectivity index (χ3n) is 2.37. The Morgan fingerprint density at radius 1 is 1.37 bits per heavy atom. The number of rotatable bonds is 3. The topological polar surface area (TPSA) is 103 Å². The first kappa shape index (κ1) is 12.7. The van der Waals surface area contributed by atoms with Crippen LogP contribution < -0.4 is 15.8 Å². The number of pyridine rings is 1. The van der Waals surface area contributed by atoms with Gasteiger partial charge < -0.3 is 15.8 Å². The summed E-state index contributed by atoms with van der Waals surface area (Å²) < 4.78 is 4.93. The van der Waals surface area contributed by atoms with E-state index in [4.69, 9.17) is 10.5 Å². The Kier molecular flexibility index (Phi) is 3.56. The highest BCUT2D eigenvalue weighted by Crippen LogP contribution is 2.25. The highest BCUT2D eigenvalue weighted by atomic mass is 16.5. The summed E-state index contributed by atoms with van der Waals surface area (Å²) in [7, 11) is 1.52. The molecule has 2 aromatic rings. The number of aromatic nitrogens is 3. The molecule has 98 valence electrons. The number of hydrogen-bond donors (Lipinski definition) is 2. The molecule has 2 rings (SSSR count). The van der Waals surface area contributed by atoms with E-state index in [0.717, 1.165) is 0 Å². The van der Waals surface area contributed by atoms with Crippen LogP contribution in [0.5, 0.6) is 5.88 Å². The number of amides is 1. The SMILES string of the molecule is COc1ccc(-c2cnc(NC(C)=O)cc2N)nn1. The van der Waals surface area contributed by atoms with Crippen molar-refractivity contribution in [3.8, 4) is 17.1 Å². The van der Waals surface area contributed by atoms with E-state index in [0.29, 0.717) is 28.6 Å². The average Bonchev–Trinajstić information content (AvgIpc) is 2.38. The number of methoxy groups -OCH3 is 1. The van der Waals surface area contributed by atoms with E-state index < -0.39 is 0 Å². The fourth-order valence-corrected chi connectivity index (χ4v) is 1.51. The molecule has 0 radical (unpaired) electrons. The summed E-state index contributed by atoms with van der Waals surface area (Å²) in [6.45, 7) is 1.40. The van der Waals surface area contributed by atoms with Gasteiger partial charge in [-0.1, -0.05) is 0 Å². The molecule has 0 bridgehead atoms. The predicted molar refractivity (Wildman–Crippen MR) is 70.5 cm³/mol. The Morgan fingerprint density at radius 2 is 2.16 bits per heavy atom. The molecule has 7 heteroatoms. The fourth-order valence-electron chi connectivity index (χ4n) is 1.51. The van der Waals surface area contributed by atoms with Gasteiger partial charge in [-0.2, -0.15) is 0 Å². The number of nitrogens with two attached hydrogens (primary N) is 1. The molecule has 2 heterocycles. The van der Waals surface area contributed by atoms with Crippen LogP contribution in [0.15, 0.2) is 24.4 Å². The number of anilines is 2. The average molecular weight is 259 g/mol. The maximum absolute atomic E-state index is 10.9. The second kappa shape index (κ2) is 5.30. The van der Waals surface area contributed by atoms with Crippen LogP contribution >= 0.6 is 0 Å². The van der Waals surface area contributed by atoms with Crippen molar-refractivity contribution in [1.82, 2.24) is 15.2 Å². The lowest BCUT2D eigenvalue weighted by atomic mass is 10.1. The lowest BCUT2D eigenvalue weighted by Crippen LogP contribution is -2.08. The summed E-state index contributed by atoms with van der Waals surface area (Å²) in [4.78, 5) is 15.0. The van der Waals surface area contributed by atoms with Crippen molar-refractivity contribution in [3.05, 3.63) is 24.4 Å². The Labute approximate surface area is 109 Å². The van der Waals surface area contributed by atoms with Crippen LogP contribution in [0.1, 0.15) is 6.92 Å². The second-order valence-electron chi connectivity index (χ2n) is 3.80. The van der Waals surface area contributed by atoms with Gasteiger partial charge in [0, 0.05) is 36.5 Å². The van der Waals surface area contributed by atoms with E-state index in [1.807, 2.05) is 0 Å². The molecule has 0 aromatic carbocycles. The van der Waals surface area contributed by atoms with Crippen LogP contribution in [0.2, 0.25) is 0 Å². The van der Waals surface area contributed by atoms with Crippen LogP contribution in [0, 0.1) is 0 Å². The van der Waals surface area contributed by atoms with Gasteiger partial charge in [0.05, 0.1) is 12.8 Å². The van der Waals surface area contributed by atoms with E-state index >= 15 is 0 Å². The van der Waals surface area contributed by atoms with Gasteiger partial charge in [0.15, 0.2) is 0 Å². The van der Waals surface area contributed by atoms with E-state index in [9.17, 15) is 4.79 Å². The second-order valence-corrected chi connectivity index (χ2v) is 3.80. The molecule has 19 heavy (non-hydrogen) atoms. The fraction of sp³-hybridized carbons (Fsp3) is 0.167. The number of nitrogens with one attached hydrogen (secondary N) is 1. The lowest BCUT2D eigenvalue weighted by molar-refractivity contribution is -0.114. The summed E-state index contributed by atoms with van der Waals surface area (Å²) in [6.07, 6.45) is 1.54. The van der Waals surface area contributed by atoms with Crippen LogP contribution in [-0.2, 0) is 4.79 Å². The van der Waals surface area contributed by atoms with Gasteiger partial charge in [-0.05, 0) is 6.07 Å². The van der Waals surface area contributed by atoms with Gasteiger partial charge in [-0.15, -0.1) is 10.2 Å². The Balaban J connectivity index is 2.31. The molecule has 0 spiro atoms. The highest BCUT2D eigenvalue weighted by Gasteiger charge is 2.08. The minimum Gasteiger partial charge on any atom is -0.480 e. The first-order chi connectivity index (χ1) is 9.10. The van der Waals surface area contributed by atoms with Crippen LogP contribution in [0.25, 0.3) is 11.3 Å². The molecule has 0 saturated heterocycles. The van der Waals surface area contributed by atoms with Crippen molar-refractivity contribution in [2.24, 2.45) is 0 Å². The van der Waals surface area contributed by atoms with Gasteiger partial charge >= 0.3 is 0 Å². The minimum atomic E-state index is -0.205. The highest BCUT2D eigenvalue weighted by molar-refractivity contribution is 5.89. The summed E-state index contributed by atoms with van der Waals surface area (Å²) in [6, 6.07) is 4.99. The molecule has 0 saturated carbocycles. The number of hydrogen-bond acceptors (Lipinski definition) is 6. The molecule has 2 aromatic heterocycles. The molecular formula is C12H13N5O2. The van der Waals surface area contributed by atoms with Crippen LogP contribution in [0.4, 0.5) is 11.5 Å². The molecular weight excluding hydrogens is 246 g/mol. The summed E-state index contributed by atoms with van der Waals surface area (Å²) in [5.74, 6) is 0.615. The van der Waals surface area contributed by atoms with Gasteiger partial charge in [0.2, 0.25) is 11.8 Å². The maximum atomic E-state index is 10.9. The van der Waals surface area contributed by atoms with Crippen molar-refractivity contribution in [2.75, 3.05) is 18.2 Å². The lowest BCUT2D eigenvalue weighted by Gasteiger charge is -2.07. The normalized spacial score (nSPS) is 10.0. The van der Waals surface area contributed by atoms with E-state index in [-0.39, 0.29) is 5.91 Å². The maximum Gasteiger partial charge on any atom is 0.233 e. The van der Waals surface area contributed by atoms with E-state index in [1.165, 1.54) is 20.2 Å².